The minimum Gasteiger partial charge on any atom is -0.376 e. The second-order valence-electron chi connectivity index (χ2n) is 6.50. The number of nitrogens with zero attached hydrogens (tertiary/aromatic N) is 1. The van der Waals surface area contributed by atoms with Crippen LogP contribution in [0.15, 0.2) is 54.6 Å². The second kappa shape index (κ2) is 4.65. The van der Waals surface area contributed by atoms with E-state index in [1.165, 1.54) is 22.1 Å². The molecule has 2 nitrogen and oxygen atoms in total. The van der Waals surface area contributed by atoms with Crippen LogP contribution < -0.4 is 0 Å². The Kier molecular flexibility index (Phi) is 2.85. The maximum absolute atomic E-state index is 5.90. The summed E-state index contributed by atoms with van der Waals surface area (Å²) >= 11 is 0. The van der Waals surface area contributed by atoms with Gasteiger partial charge in [-0.05, 0) is 17.7 Å². The highest BCUT2D eigenvalue weighted by molar-refractivity contribution is 5.85. The number of aromatic nitrogens is 1. The van der Waals surface area contributed by atoms with E-state index >= 15 is 0 Å². The normalized spacial score (nSPS) is 18.8. The maximum Gasteiger partial charge on any atom is 0.0933 e. The van der Waals surface area contributed by atoms with Crippen LogP contribution in [0.1, 0.15) is 31.1 Å². The van der Waals surface area contributed by atoms with E-state index in [1.54, 1.807) is 7.11 Å². The molecule has 0 spiro atoms. The number of rotatable bonds is 1. The molecular formula is C20H19NO. The van der Waals surface area contributed by atoms with E-state index in [-0.39, 0.29) is 11.5 Å². The van der Waals surface area contributed by atoms with Crippen molar-refractivity contribution in [3.8, 4) is 11.3 Å². The van der Waals surface area contributed by atoms with Crippen LogP contribution in [0, 0.1) is 0 Å². The molecule has 1 aliphatic rings. The molecule has 22 heavy (non-hydrogen) atoms. The monoisotopic (exact) mass is 289 g/mol. The fourth-order valence-electron chi connectivity index (χ4n) is 3.75. The lowest BCUT2D eigenvalue weighted by atomic mass is 9.69. The van der Waals surface area contributed by atoms with Crippen LogP contribution in [0.4, 0.5) is 0 Å². The Morgan fingerprint density at radius 2 is 1.73 bits per heavy atom. The molecule has 1 heterocycles. The summed E-state index contributed by atoms with van der Waals surface area (Å²) in [6.07, 6.45) is 0.00880. The first-order valence-electron chi connectivity index (χ1n) is 7.65. The summed E-state index contributed by atoms with van der Waals surface area (Å²) < 4.78 is 5.90. The first kappa shape index (κ1) is 13.5. The van der Waals surface area contributed by atoms with Crippen molar-refractivity contribution in [1.29, 1.82) is 0 Å². The third kappa shape index (κ3) is 1.74. The van der Waals surface area contributed by atoms with Crippen molar-refractivity contribution in [2.75, 3.05) is 7.11 Å². The summed E-state index contributed by atoms with van der Waals surface area (Å²) in [7, 11) is 1.79. The average molecular weight is 289 g/mol. The van der Waals surface area contributed by atoms with Crippen molar-refractivity contribution >= 4 is 10.9 Å². The summed E-state index contributed by atoms with van der Waals surface area (Å²) in [4.78, 5) is 4.94. The highest BCUT2D eigenvalue weighted by Crippen LogP contribution is 2.50. The standard InChI is InChI=1S/C20H19NO/c1-20(2)16-10-6-5-9-14(16)18-15(19(20)22-3)12-13-8-4-7-11-17(13)21-18/h4-12,19H,1-3H3. The van der Waals surface area contributed by atoms with Crippen LogP contribution in [-0.2, 0) is 10.2 Å². The fourth-order valence-corrected chi connectivity index (χ4v) is 3.75. The van der Waals surface area contributed by atoms with Crippen molar-refractivity contribution in [3.05, 3.63) is 65.7 Å². The number of benzene rings is 2. The molecule has 0 saturated heterocycles. The van der Waals surface area contributed by atoms with Crippen LogP contribution in [0.2, 0.25) is 0 Å². The van der Waals surface area contributed by atoms with E-state index in [0.717, 1.165) is 11.2 Å². The van der Waals surface area contributed by atoms with E-state index in [1.807, 2.05) is 6.07 Å². The zero-order chi connectivity index (χ0) is 15.3. The van der Waals surface area contributed by atoms with Crippen LogP contribution in [-0.4, -0.2) is 12.1 Å². The van der Waals surface area contributed by atoms with Crippen LogP contribution in [0.5, 0.6) is 0 Å². The second-order valence-corrected chi connectivity index (χ2v) is 6.50. The Morgan fingerprint density at radius 1 is 1.00 bits per heavy atom. The lowest BCUT2D eigenvalue weighted by Crippen LogP contribution is -2.32. The molecule has 0 aliphatic heterocycles. The van der Waals surface area contributed by atoms with Gasteiger partial charge in [0.05, 0.1) is 17.3 Å². The number of hydrogen-bond donors (Lipinski definition) is 0. The van der Waals surface area contributed by atoms with Gasteiger partial charge in [0.1, 0.15) is 0 Å². The third-order valence-electron chi connectivity index (χ3n) is 4.80. The van der Waals surface area contributed by atoms with Crippen molar-refractivity contribution in [3.63, 3.8) is 0 Å². The highest BCUT2D eigenvalue weighted by atomic mass is 16.5. The van der Waals surface area contributed by atoms with Gasteiger partial charge in [-0.25, -0.2) is 4.98 Å². The van der Waals surface area contributed by atoms with Crippen molar-refractivity contribution in [2.45, 2.75) is 25.4 Å². The van der Waals surface area contributed by atoms with E-state index < -0.39 is 0 Å². The Balaban J connectivity index is 2.11. The minimum atomic E-state index is -0.0809. The van der Waals surface area contributed by atoms with Gasteiger partial charge >= 0.3 is 0 Å². The molecule has 0 N–H and O–H groups in total. The molecule has 2 heteroatoms. The number of para-hydroxylation sites is 1. The summed E-state index contributed by atoms with van der Waals surface area (Å²) in [6.45, 7) is 4.50. The van der Waals surface area contributed by atoms with Crippen molar-refractivity contribution in [2.24, 2.45) is 0 Å². The molecule has 1 aromatic heterocycles. The van der Waals surface area contributed by atoms with Crippen LogP contribution >= 0.6 is 0 Å². The topological polar surface area (TPSA) is 22.1 Å². The predicted molar refractivity (Wildman–Crippen MR) is 90.0 cm³/mol. The molecule has 3 aromatic rings. The average Bonchev–Trinajstić information content (AvgIpc) is 2.54. The molecule has 0 radical (unpaired) electrons. The molecule has 2 aromatic carbocycles. The molecule has 110 valence electrons. The molecule has 1 aliphatic carbocycles. The van der Waals surface area contributed by atoms with Crippen molar-refractivity contribution < 1.29 is 4.74 Å². The maximum atomic E-state index is 5.90. The van der Waals surface area contributed by atoms with Gasteiger partial charge < -0.3 is 4.74 Å². The first-order valence-corrected chi connectivity index (χ1v) is 7.65. The largest absolute Gasteiger partial charge is 0.376 e. The quantitative estimate of drug-likeness (QED) is 0.637. The highest BCUT2D eigenvalue weighted by Gasteiger charge is 2.40. The van der Waals surface area contributed by atoms with Crippen molar-refractivity contribution in [1.82, 2.24) is 4.98 Å². The van der Waals surface area contributed by atoms with Gasteiger partial charge in [0, 0.05) is 29.0 Å². The van der Waals surface area contributed by atoms with Gasteiger partial charge in [-0.3, -0.25) is 0 Å². The molecule has 0 fully saturated rings. The zero-order valence-electron chi connectivity index (χ0n) is 13.1. The van der Waals surface area contributed by atoms with Crippen LogP contribution in [0.3, 0.4) is 0 Å². The molecule has 0 amide bonds. The number of fused-ring (bicyclic) bond motifs is 4. The Morgan fingerprint density at radius 3 is 2.55 bits per heavy atom. The predicted octanol–water partition coefficient (Wildman–Crippen LogP) is 4.88. The zero-order valence-corrected chi connectivity index (χ0v) is 13.1. The van der Waals surface area contributed by atoms with Crippen LogP contribution in [0.25, 0.3) is 22.2 Å². The molecule has 0 bridgehead atoms. The summed E-state index contributed by atoms with van der Waals surface area (Å²) in [5.41, 5.74) is 5.72. The first-order chi connectivity index (χ1) is 10.6. The molecular weight excluding hydrogens is 270 g/mol. The van der Waals surface area contributed by atoms with E-state index in [4.69, 9.17) is 9.72 Å². The number of hydrogen-bond acceptors (Lipinski definition) is 2. The van der Waals surface area contributed by atoms with Gasteiger partial charge in [0.2, 0.25) is 0 Å². The molecule has 1 unspecified atom stereocenters. The number of pyridine rings is 1. The van der Waals surface area contributed by atoms with Gasteiger partial charge in [0.25, 0.3) is 0 Å². The van der Waals surface area contributed by atoms with E-state index in [2.05, 4.69) is 62.4 Å². The Bertz CT molecular complexity index is 866. The molecule has 1 atom stereocenters. The lowest BCUT2D eigenvalue weighted by Gasteiger charge is -2.40. The molecule has 0 saturated carbocycles. The lowest BCUT2D eigenvalue weighted by molar-refractivity contribution is 0.0433. The fraction of sp³-hybridized carbons (Fsp3) is 0.250. The SMILES string of the molecule is COC1c2cc3ccccc3nc2-c2ccccc2C1(C)C. The van der Waals surface area contributed by atoms with E-state index in [9.17, 15) is 0 Å². The Hall–Kier alpha value is -2.19. The minimum absolute atomic E-state index is 0.00880. The third-order valence-corrected chi connectivity index (χ3v) is 4.80. The van der Waals surface area contributed by atoms with E-state index in [0.29, 0.717) is 0 Å². The van der Waals surface area contributed by atoms with Gasteiger partial charge in [0.15, 0.2) is 0 Å². The van der Waals surface area contributed by atoms with Gasteiger partial charge in [-0.2, -0.15) is 0 Å². The smallest absolute Gasteiger partial charge is 0.0933 e. The van der Waals surface area contributed by atoms with Gasteiger partial charge in [-0.15, -0.1) is 0 Å². The number of ether oxygens (including phenoxy) is 1. The van der Waals surface area contributed by atoms with Gasteiger partial charge in [-0.1, -0.05) is 56.3 Å². The summed E-state index contributed by atoms with van der Waals surface area (Å²) in [6, 6.07) is 19.1. The number of methoxy groups -OCH3 is 1. The molecule has 4 rings (SSSR count). The Labute approximate surface area is 130 Å². The summed E-state index contributed by atoms with van der Waals surface area (Å²) in [5, 5.41) is 1.17. The summed E-state index contributed by atoms with van der Waals surface area (Å²) in [5.74, 6) is 0.